The summed E-state index contributed by atoms with van der Waals surface area (Å²) in [5.41, 5.74) is -0.537. The Morgan fingerprint density at radius 3 is 1.80 bits per heavy atom. The van der Waals surface area contributed by atoms with Crippen molar-refractivity contribution in [1.29, 1.82) is 0 Å². The van der Waals surface area contributed by atoms with Gasteiger partial charge in [-0.25, -0.2) is 0 Å². The topological polar surface area (TPSA) is 17.1 Å². The summed E-state index contributed by atoms with van der Waals surface area (Å²) < 4.78 is 0. The SMILES string of the molecule is C=CC(C=C)(C(=O)CC(C)C)C(C)C.[Ti]. The molecule has 0 spiro atoms. The maximum absolute atomic E-state index is 12.0. The van der Waals surface area contributed by atoms with Gasteiger partial charge in [0.1, 0.15) is 5.78 Å². The van der Waals surface area contributed by atoms with Gasteiger partial charge in [0, 0.05) is 28.1 Å². The molecule has 0 amide bonds. The fourth-order valence-corrected chi connectivity index (χ4v) is 1.65. The van der Waals surface area contributed by atoms with Gasteiger partial charge in [0.2, 0.25) is 0 Å². The molecule has 0 aliphatic rings. The first-order valence-corrected chi connectivity index (χ1v) is 5.21. The third kappa shape index (κ3) is 4.08. The summed E-state index contributed by atoms with van der Waals surface area (Å²) in [5.74, 6) is 0.844. The van der Waals surface area contributed by atoms with Crippen LogP contribution in [0.15, 0.2) is 25.3 Å². The smallest absolute Gasteiger partial charge is 0.147 e. The Balaban J connectivity index is 0. The average Bonchev–Trinajstić information content (AvgIpc) is 2.05. The molecule has 0 aromatic carbocycles. The summed E-state index contributed by atoms with van der Waals surface area (Å²) in [4.78, 5) is 12.0. The van der Waals surface area contributed by atoms with Crippen molar-refractivity contribution >= 4 is 5.78 Å². The third-order valence-electron chi connectivity index (χ3n) is 2.71. The predicted molar refractivity (Wildman–Crippen MR) is 62.1 cm³/mol. The van der Waals surface area contributed by atoms with E-state index in [1.54, 1.807) is 12.2 Å². The number of rotatable bonds is 6. The molecule has 0 saturated carbocycles. The van der Waals surface area contributed by atoms with E-state index < -0.39 is 5.41 Å². The second-order valence-electron chi connectivity index (χ2n) is 4.52. The van der Waals surface area contributed by atoms with Crippen molar-refractivity contribution < 1.29 is 26.5 Å². The maximum atomic E-state index is 12.0. The zero-order chi connectivity index (χ0) is 11.4. The fourth-order valence-electron chi connectivity index (χ4n) is 1.65. The molecule has 0 atom stereocenters. The fraction of sp³-hybridized carbons (Fsp3) is 0.615. The van der Waals surface area contributed by atoms with Crippen LogP contribution in [0.1, 0.15) is 34.1 Å². The monoisotopic (exact) mass is 242 g/mol. The van der Waals surface area contributed by atoms with Crippen molar-refractivity contribution in [2.24, 2.45) is 17.3 Å². The maximum Gasteiger partial charge on any atom is 0.147 e. The molecule has 2 heteroatoms. The number of carbonyl (C=O) groups excluding carboxylic acids is 1. The Hall–Kier alpha value is -0.136. The van der Waals surface area contributed by atoms with E-state index in [-0.39, 0.29) is 33.4 Å². The molecule has 0 rings (SSSR count). The van der Waals surface area contributed by atoms with E-state index in [0.717, 1.165) is 0 Å². The Labute approximate surface area is 109 Å². The van der Waals surface area contributed by atoms with Gasteiger partial charge < -0.3 is 0 Å². The molecule has 0 fully saturated rings. The molecule has 0 unspecified atom stereocenters. The van der Waals surface area contributed by atoms with Crippen LogP contribution in [0.4, 0.5) is 0 Å². The first-order chi connectivity index (χ1) is 6.40. The molecule has 15 heavy (non-hydrogen) atoms. The number of carbonyl (C=O) groups is 1. The van der Waals surface area contributed by atoms with E-state index in [9.17, 15) is 4.79 Å². The van der Waals surface area contributed by atoms with Crippen molar-refractivity contribution in [2.45, 2.75) is 34.1 Å². The Kier molecular flexibility index (Phi) is 8.28. The van der Waals surface area contributed by atoms with Gasteiger partial charge in [0.05, 0.1) is 5.41 Å². The van der Waals surface area contributed by atoms with Crippen LogP contribution in [0.3, 0.4) is 0 Å². The van der Waals surface area contributed by atoms with Gasteiger partial charge in [-0.1, -0.05) is 39.8 Å². The Morgan fingerprint density at radius 1 is 1.20 bits per heavy atom. The summed E-state index contributed by atoms with van der Waals surface area (Å²) in [5, 5.41) is 0. The molecule has 0 aliphatic heterocycles. The summed E-state index contributed by atoms with van der Waals surface area (Å²) >= 11 is 0. The van der Waals surface area contributed by atoms with Crippen molar-refractivity contribution in [2.75, 3.05) is 0 Å². The minimum atomic E-state index is -0.537. The quantitative estimate of drug-likeness (QED) is 0.513. The van der Waals surface area contributed by atoms with Crippen LogP contribution in [-0.4, -0.2) is 5.78 Å². The minimum Gasteiger partial charge on any atom is -0.298 e. The van der Waals surface area contributed by atoms with Gasteiger partial charge >= 0.3 is 0 Å². The van der Waals surface area contributed by atoms with Gasteiger partial charge in [-0.3, -0.25) is 4.79 Å². The zero-order valence-electron chi connectivity index (χ0n) is 10.3. The van der Waals surface area contributed by atoms with Crippen molar-refractivity contribution in [3.05, 3.63) is 25.3 Å². The average molecular weight is 242 g/mol. The largest absolute Gasteiger partial charge is 0.298 e. The molecule has 0 aromatic rings. The summed E-state index contributed by atoms with van der Waals surface area (Å²) in [6.07, 6.45) is 4.06. The van der Waals surface area contributed by atoms with Gasteiger partial charge in [-0.05, 0) is 11.8 Å². The molecule has 84 valence electrons. The number of hydrogen-bond donors (Lipinski definition) is 0. The van der Waals surface area contributed by atoms with Crippen molar-refractivity contribution in [1.82, 2.24) is 0 Å². The van der Waals surface area contributed by atoms with Crippen LogP contribution in [-0.2, 0) is 26.5 Å². The molecule has 0 aliphatic carbocycles. The zero-order valence-corrected chi connectivity index (χ0v) is 11.9. The summed E-state index contributed by atoms with van der Waals surface area (Å²) in [7, 11) is 0. The van der Waals surface area contributed by atoms with Crippen LogP contribution in [0, 0.1) is 17.3 Å². The Bertz CT molecular complexity index is 221. The first-order valence-electron chi connectivity index (χ1n) is 5.21. The standard InChI is InChI=1S/C13H22O.Ti/c1-7-13(8-2,11(5)6)12(14)9-10(3)4;/h7-8,10-11H,1-2,9H2,3-6H3;. The molecular weight excluding hydrogens is 220 g/mol. The molecule has 0 saturated heterocycles. The number of ketones is 1. The predicted octanol–water partition coefficient (Wildman–Crippen LogP) is 3.61. The van der Waals surface area contributed by atoms with E-state index >= 15 is 0 Å². The van der Waals surface area contributed by atoms with Gasteiger partial charge in [-0.2, -0.15) is 0 Å². The van der Waals surface area contributed by atoms with E-state index in [4.69, 9.17) is 0 Å². The van der Waals surface area contributed by atoms with E-state index in [2.05, 4.69) is 27.0 Å². The number of Topliss-reactive ketones (excluding diaryl/α,β-unsaturated/α-hetero) is 1. The first kappa shape index (κ1) is 17.3. The van der Waals surface area contributed by atoms with E-state index in [1.165, 1.54) is 0 Å². The number of hydrogen-bond acceptors (Lipinski definition) is 1. The summed E-state index contributed by atoms with van der Waals surface area (Å²) in [6.45, 7) is 15.7. The normalized spacial score (nSPS) is 11.1. The van der Waals surface area contributed by atoms with Crippen LogP contribution in [0.2, 0.25) is 0 Å². The molecule has 1 nitrogen and oxygen atoms in total. The molecule has 0 N–H and O–H groups in total. The van der Waals surface area contributed by atoms with Crippen LogP contribution in [0.5, 0.6) is 0 Å². The van der Waals surface area contributed by atoms with Crippen molar-refractivity contribution in [3.63, 3.8) is 0 Å². The van der Waals surface area contributed by atoms with Crippen molar-refractivity contribution in [3.8, 4) is 0 Å². The molecule has 0 heterocycles. The third-order valence-corrected chi connectivity index (χ3v) is 2.71. The minimum absolute atomic E-state index is 0. The number of allylic oxidation sites excluding steroid dienone is 2. The van der Waals surface area contributed by atoms with Crippen LogP contribution < -0.4 is 0 Å². The van der Waals surface area contributed by atoms with E-state index in [1.807, 2.05) is 13.8 Å². The molecular formula is C13H22OTi. The second kappa shape index (κ2) is 7.19. The molecule has 0 aromatic heterocycles. The van der Waals surface area contributed by atoms with Gasteiger partial charge in [0.15, 0.2) is 0 Å². The second-order valence-corrected chi connectivity index (χ2v) is 4.52. The van der Waals surface area contributed by atoms with Gasteiger partial charge in [0.25, 0.3) is 0 Å². The van der Waals surface area contributed by atoms with E-state index in [0.29, 0.717) is 12.3 Å². The molecule has 0 radical (unpaired) electrons. The Morgan fingerprint density at radius 2 is 1.60 bits per heavy atom. The van der Waals surface area contributed by atoms with Crippen LogP contribution >= 0.6 is 0 Å². The molecule has 0 bridgehead atoms. The summed E-state index contributed by atoms with van der Waals surface area (Å²) in [6, 6.07) is 0. The van der Waals surface area contributed by atoms with Crippen LogP contribution in [0.25, 0.3) is 0 Å². The van der Waals surface area contributed by atoms with Gasteiger partial charge in [-0.15, -0.1) is 13.2 Å².